The van der Waals surface area contributed by atoms with Gasteiger partial charge in [-0.25, -0.2) is 4.79 Å². The molecule has 30 heavy (non-hydrogen) atoms. The van der Waals surface area contributed by atoms with Crippen LogP contribution in [0.5, 0.6) is 5.75 Å². The molecule has 6 nitrogen and oxygen atoms in total. The average Bonchev–Trinajstić information content (AvgIpc) is 2.74. The van der Waals surface area contributed by atoms with Crippen molar-refractivity contribution in [3.05, 3.63) is 23.8 Å². The summed E-state index contributed by atoms with van der Waals surface area (Å²) in [5.74, 6) is 0.235. The number of hydrogen-bond donors (Lipinski definition) is 1. The zero-order valence-electron chi connectivity index (χ0n) is 19.6. The fourth-order valence-electron chi connectivity index (χ4n) is 3.39. The number of hydrogen-bond acceptors (Lipinski definition) is 5. The number of halogens is 1. The van der Waals surface area contributed by atoms with Crippen LogP contribution >= 0.6 is 0 Å². The number of nitrogens with two attached hydrogens (primary N) is 1. The summed E-state index contributed by atoms with van der Waals surface area (Å²) >= 11 is 0. The predicted octanol–water partition coefficient (Wildman–Crippen LogP) is 0.807. The monoisotopic (exact) mass is 443 g/mol. The van der Waals surface area contributed by atoms with Crippen LogP contribution in [0.15, 0.2) is 18.2 Å². The van der Waals surface area contributed by atoms with Crippen LogP contribution in [-0.4, -0.2) is 74.4 Å². The van der Waals surface area contributed by atoms with Crippen LogP contribution in [0.2, 0.25) is 0 Å². The van der Waals surface area contributed by atoms with Crippen molar-refractivity contribution < 1.29 is 31.2 Å². The summed E-state index contributed by atoms with van der Waals surface area (Å²) in [5, 5.41) is 0. The molecule has 0 atom stereocenters. The van der Waals surface area contributed by atoms with E-state index in [-0.39, 0.29) is 18.4 Å². The number of quaternary nitrogens is 1. The lowest BCUT2D eigenvalue weighted by atomic mass is 10.2. The van der Waals surface area contributed by atoms with Crippen molar-refractivity contribution in [2.24, 2.45) is 0 Å². The van der Waals surface area contributed by atoms with E-state index in [1.165, 1.54) is 0 Å². The first kappa shape index (κ1) is 28.5. The summed E-state index contributed by atoms with van der Waals surface area (Å²) < 4.78 is 12.3. The van der Waals surface area contributed by atoms with Crippen LogP contribution in [0, 0.1) is 0 Å². The SMILES string of the molecule is CCCCOc1cc(C(=O)OCC[N+](CC)(CC)CCN(CC)CC)ccc1N.[Cl-]. The Hall–Kier alpha value is -1.50. The molecule has 0 aliphatic rings. The maximum absolute atomic E-state index is 12.5. The molecule has 0 bridgehead atoms. The second-order valence-electron chi connectivity index (χ2n) is 7.54. The van der Waals surface area contributed by atoms with E-state index in [0.29, 0.717) is 30.2 Å². The molecule has 2 N–H and O–H groups in total. The summed E-state index contributed by atoms with van der Waals surface area (Å²) in [6, 6.07) is 5.10. The second-order valence-corrected chi connectivity index (χ2v) is 7.54. The molecule has 0 heterocycles. The highest BCUT2D eigenvalue weighted by Gasteiger charge is 2.24. The highest BCUT2D eigenvalue weighted by molar-refractivity contribution is 5.90. The number of ether oxygens (including phenoxy) is 2. The van der Waals surface area contributed by atoms with E-state index < -0.39 is 0 Å². The third-order valence-corrected chi connectivity index (χ3v) is 5.93. The third kappa shape index (κ3) is 9.11. The topological polar surface area (TPSA) is 64.8 Å². The maximum Gasteiger partial charge on any atom is 0.338 e. The first-order chi connectivity index (χ1) is 13.9. The number of unbranched alkanes of at least 4 members (excludes halogenated alkanes) is 1. The van der Waals surface area contributed by atoms with Crippen LogP contribution in [0.1, 0.15) is 57.8 Å². The lowest BCUT2D eigenvalue weighted by Gasteiger charge is -2.38. The fraction of sp³-hybridized carbons (Fsp3) is 0.696. The molecule has 0 radical (unpaired) electrons. The number of anilines is 1. The van der Waals surface area contributed by atoms with E-state index in [2.05, 4.69) is 39.5 Å². The van der Waals surface area contributed by atoms with Gasteiger partial charge in [-0.15, -0.1) is 0 Å². The summed E-state index contributed by atoms with van der Waals surface area (Å²) in [6.07, 6.45) is 2.00. The highest BCUT2D eigenvalue weighted by atomic mass is 35.5. The van der Waals surface area contributed by atoms with Crippen molar-refractivity contribution >= 4 is 11.7 Å². The number of carbonyl (C=O) groups is 1. The average molecular weight is 444 g/mol. The summed E-state index contributed by atoms with van der Waals surface area (Å²) in [5.41, 5.74) is 6.99. The molecule has 0 aliphatic carbocycles. The van der Waals surface area contributed by atoms with Gasteiger partial charge in [0.2, 0.25) is 0 Å². The first-order valence-electron chi connectivity index (χ1n) is 11.2. The minimum Gasteiger partial charge on any atom is -1.00 e. The zero-order chi connectivity index (χ0) is 21.7. The standard InChI is InChI=1S/C23H41N3O3.ClH/c1-6-11-17-28-22-19-20(12-13-21(22)24)23(27)29-18-16-26(9-4,10-5)15-14-25(7-2)8-3;/h12-13,19H,6-11,14-18H2,1-5H3,(H-,24,27);1H. The molecule has 0 aliphatic heterocycles. The number of rotatable bonds is 15. The summed E-state index contributed by atoms with van der Waals surface area (Å²) in [4.78, 5) is 15.0. The van der Waals surface area contributed by atoms with E-state index in [9.17, 15) is 4.79 Å². The van der Waals surface area contributed by atoms with Crippen molar-refractivity contribution in [2.75, 3.05) is 64.8 Å². The molecular weight excluding hydrogens is 402 g/mol. The lowest BCUT2D eigenvalue weighted by molar-refractivity contribution is -0.924. The Labute approximate surface area is 189 Å². The van der Waals surface area contributed by atoms with Crippen LogP contribution < -0.4 is 22.9 Å². The van der Waals surface area contributed by atoms with Gasteiger partial charge in [-0.1, -0.05) is 27.2 Å². The van der Waals surface area contributed by atoms with Gasteiger partial charge in [-0.05, 0) is 51.6 Å². The molecule has 0 spiro atoms. The smallest absolute Gasteiger partial charge is 0.338 e. The normalized spacial score (nSPS) is 11.3. The van der Waals surface area contributed by atoms with Gasteiger partial charge in [0.05, 0.1) is 37.5 Å². The Kier molecular flexibility index (Phi) is 14.6. The molecule has 1 aromatic rings. The predicted molar refractivity (Wildman–Crippen MR) is 120 cm³/mol. The molecule has 0 saturated heterocycles. The molecule has 0 saturated carbocycles. The van der Waals surface area contributed by atoms with E-state index in [1.54, 1.807) is 18.2 Å². The second kappa shape index (κ2) is 15.3. The Morgan fingerprint density at radius 1 is 1.03 bits per heavy atom. The van der Waals surface area contributed by atoms with Crippen LogP contribution in [0.4, 0.5) is 5.69 Å². The van der Waals surface area contributed by atoms with Gasteiger partial charge in [-0.3, -0.25) is 4.90 Å². The van der Waals surface area contributed by atoms with Gasteiger partial charge >= 0.3 is 5.97 Å². The molecule has 0 fully saturated rings. The number of benzene rings is 1. The first-order valence-corrected chi connectivity index (χ1v) is 11.2. The summed E-state index contributed by atoms with van der Waals surface area (Å²) in [7, 11) is 0. The van der Waals surface area contributed by atoms with Crippen molar-refractivity contribution in [1.82, 2.24) is 4.90 Å². The molecule has 7 heteroatoms. The van der Waals surface area contributed by atoms with Crippen LogP contribution in [-0.2, 0) is 4.74 Å². The Morgan fingerprint density at radius 2 is 1.70 bits per heavy atom. The maximum atomic E-state index is 12.5. The molecule has 174 valence electrons. The van der Waals surface area contributed by atoms with E-state index >= 15 is 0 Å². The number of nitrogens with zero attached hydrogens (tertiary/aromatic N) is 2. The third-order valence-electron chi connectivity index (χ3n) is 5.93. The van der Waals surface area contributed by atoms with Crippen molar-refractivity contribution in [1.29, 1.82) is 0 Å². The molecular formula is C23H42ClN3O3. The van der Waals surface area contributed by atoms with Crippen molar-refractivity contribution in [3.63, 3.8) is 0 Å². The minimum absolute atomic E-state index is 0. The molecule has 0 amide bonds. The Bertz CT molecular complexity index is 605. The van der Waals surface area contributed by atoms with E-state index in [1.807, 2.05) is 0 Å². The molecule has 1 rings (SSSR count). The number of carbonyl (C=O) groups excluding carboxylic acids is 1. The number of esters is 1. The van der Waals surface area contributed by atoms with Gasteiger partial charge in [-0.2, -0.15) is 0 Å². The highest BCUT2D eigenvalue weighted by Crippen LogP contribution is 2.23. The van der Waals surface area contributed by atoms with Gasteiger partial charge in [0.1, 0.15) is 18.9 Å². The summed E-state index contributed by atoms with van der Waals surface area (Å²) in [6.45, 7) is 19.1. The number of likely N-dealkylation sites (N-methyl/N-ethyl adjacent to an activating group) is 2. The quantitative estimate of drug-likeness (QED) is 0.188. The van der Waals surface area contributed by atoms with Gasteiger partial charge in [0, 0.05) is 6.54 Å². The Morgan fingerprint density at radius 3 is 2.27 bits per heavy atom. The van der Waals surface area contributed by atoms with Gasteiger partial charge < -0.3 is 32.1 Å². The van der Waals surface area contributed by atoms with Crippen LogP contribution in [0.3, 0.4) is 0 Å². The van der Waals surface area contributed by atoms with Crippen molar-refractivity contribution in [3.8, 4) is 5.75 Å². The van der Waals surface area contributed by atoms with E-state index in [0.717, 1.165) is 63.1 Å². The zero-order valence-corrected chi connectivity index (χ0v) is 20.3. The molecule has 0 unspecified atom stereocenters. The van der Waals surface area contributed by atoms with E-state index in [4.69, 9.17) is 15.2 Å². The largest absolute Gasteiger partial charge is 1.00 e. The number of nitrogen functional groups attached to an aromatic ring is 1. The Balaban J connectivity index is 0.00000841. The lowest BCUT2D eigenvalue weighted by Crippen LogP contribution is -3.00. The van der Waals surface area contributed by atoms with Crippen LogP contribution in [0.25, 0.3) is 0 Å². The van der Waals surface area contributed by atoms with Gasteiger partial charge in [0.25, 0.3) is 0 Å². The minimum atomic E-state index is -0.320. The fourth-order valence-corrected chi connectivity index (χ4v) is 3.39. The molecule has 0 aromatic heterocycles. The molecule has 1 aromatic carbocycles. The van der Waals surface area contributed by atoms with Gasteiger partial charge in [0.15, 0.2) is 0 Å². The van der Waals surface area contributed by atoms with Crippen molar-refractivity contribution in [2.45, 2.75) is 47.5 Å².